The van der Waals surface area contributed by atoms with Gasteiger partial charge in [-0.1, -0.05) is 6.07 Å². The van der Waals surface area contributed by atoms with Gasteiger partial charge in [0.15, 0.2) is 5.76 Å². The maximum Gasteiger partial charge on any atom is 0.419 e. The van der Waals surface area contributed by atoms with E-state index in [-0.39, 0.29) is 18.3 Å². The van der Waals surface area contributed by atoms with Gasteiger partial charge in [-0.3, -0.25) is 9.36 Å². The Kier molecular flexibility index (Phi) is 4.38. The van der Waals surface area contributed by atoms with Crippen LogP contribution < -0.4 is 11.1 Å². The minimum Gasteiger partial charge on any atom is -0.408 e. The molecular weight excluding hydrogens is 319 g/mol. The number of oxazole rings is 1. The molecular formula is C16H13FN2O3S. The molecule has 7 heteroatoms. The third-order valence-corrected chi connectivity index (χ3v) is 4.06. The highest BCUT2D eigenvalue weighted by molar-refractivity contribution is 7.09. The van der Waals surface area contributed by atoms with E-state index in [2.05, 4.69) is 5.32 Å². The zero-order valence-electron chi connectivity index (χ0n) is 12.0. The van der Waals surface area contributed by atoms with Crippen molar-refractivity contribution in [1.82, 2.24) is 9.88 Å². The summed E-state index contributed by atoms with van der Waals surface area (Å²) in [5, 5.41) is 4.67. The first kappa shape index (κ1) is 15.2. The van der Waals surface area contributed by atoms with Crippen molar-refractivity contribution in [2.24, 2.45) is 0 Å². The van der Waals surface area contributed by atoms with E-state index in [9.17, 15) is 14.0 Å². The number of nitrogens with zero attached hydrogens (tertiary/aromatic N) is 1. The molecule has 0 atom stereocenters. The standard InChI is InChI=1S/C16H13FN2O3S/c17-12-5-3-11(4-6-12)14-9-19(16(21)22-14)10-15(20)18-8-13-2-1-7-23-13/h1-7,9H,8,10H2,(H,18,20). The fourth-order valence-corrected chi connectivity index (χ4v) is 2.69. The first-order chi connectivity index (χ1) is 11.1. The van der Waals surface area contributed by atoms with Crippen LogP contribution in [0.15, 0.2) is 57.2 Å². The minimum atomic E-state index is -0.629. The zero-order valence-corrected chi connectivity index (χ0v) is 12.8. The topological polar surface area (TPSA) is 64.2 Å². The lowest BCUT2D eigenvalue weighted by Gasteiger charge is -2.03. The largest absolute Gasteiger partial charge is 0.419 e. The average Bonchev–Trinajstić information content (AvgIpc) is 3.17. The van der Waals surface area contributed by atoms with Gasteiger partial charge in [0.1, 0.15) is 12.4 Å². The van der Waals surface area contributed by atoms with Crippen LogP contribution in [0.5, 0.6) is 0 Å². The molecule has 3 aromatic rings. The molecule has 3 rings (SSSR count). The molecule has 1 amide bonds. The molecule has 1 N–H and O–H groups in total. The van der Waals surface area contributed by atoms with Crippen LogP contribution in [-0.4, -0.2) is 10.5 Å². The summed E-state index contributed by atoms with van der Waals surface area (Å²) >= 11 is 1.54. The summed E-state index contributed by atoms with van der Waals surface area (Å²) in [5.74, 6) is -0.993. The van der Waals surface area contributed by atoms with Gasteiger partial charge in [-0.15, -0.1) is 11.3 Å². The van der Waals surface area contributed by atoms with Crippen molar-refractivity contribution in [1.29, 1.82) is 0 Å². The lowest BCUT2D eigenvalue weighted by atomic mass is 10.2. The Hall–Kier alpha value is -2.67. The van der Waals surface area contributed by atoms with E-state index in [1.807, 2.05) is 17.5 Å². The lowest BCUT2D eigenvalue weighted by molar-refractivity contribution is -0.121. The predicted octanol–water partition coefficient (Wildman–Crippen LogP) is 2.63. The second-order valence-corrected chi connectivity index (χ2v) is 5.88. The summed E-state index contributed by atoms with van der Waals surface area (Å²) in [6, 6.07) is 9.40. The van der Waals surface area contributed by atoms with Gasteiger partial charge in [-0.05, 0) is 35.7 Å². The Morgan fingerprint density at radius 2 is 2.04 bits per heavy atom. The van der Waals surface area contributed by atoms with Crippen LogP contribution >= 0.6 is 11.3 Å². The fourth-order valence-electron chi connectivity index (χ4n) is 2.04. The molecule has 0 unspecified atom stereocenters. The number of carbonyl (C=O) groups is 1. The molecule has 0 aliphatic rings. The molecule has 0 saturated heterocycles. The molecule has 118 valence electrons. The van der Waals surface area contributed by atoms with Crippen molar-refractivity contribution >= 4 is 17.2 Å². The first-order valence-electron chi connectivity index (χ1n) is 6.87. The van der Waals surface area contributed by atoms with E-state index >= 15 is 0 Å². The van der Waals surface area contributed by atoms with Crippen molar-refractivity contribution in [3.63, 3.8) is 0 Å². The van der Waals surface area contributed by atoms with E-state index in [0.29, 0.717) is 17.9 Å². The summed E-state index contributed by atoms with van der Waals surface area (Å²) in [6.45, 7) is 0.294. The summed E-state index contributed by atoms with van der Waals surface area (Å²) in [6.07, 6.45) is 1.44. The number of hydrogen-bond acceptors (Lipinski definition) is 4. The van der Waals surface area contributed by atoms with Crippen LogP contribution in [-0.2, 0) is 17.9 Å². The number of benzene rings is 1. The van der Waals surface area contributed by atoms with Crippen LogP contribution in [0.3, 0.4) is 0 Å². The predicted molar refractivity (Wildman–Crippen MR) is 84.5 cm³/mol. The van der Waals surface area contributed by atoms with Gasteiger partial charge >= 0.3 is 5.76 Å². The van der Waals surface area contributed by atoms with Crippen LogP contribution in [0.25, 0.3) is 11.3 Å². The molecule has 23 heavy (non-hydrogen) atoms. The van der Waals surface area contributed by atoms with Gasteiger partial charge in [-0.2, -0.15) is 0 Å². The first-order valence-corrected chi connectivity index (χ1v) is 7.75. The summed E-state index contributed by atoms with van der Waals surface area (Å²) < 4.78 is 19.2. The number of thiophene rings is 1. The van der Waals surface area contributed by atoms with E-state index < -0.39 is 5.76 Å². The lowest BCUT2D eigenvalue weighted by Crippen LogP contribution is -2.29. The fraction of sp³-hybridized carbons (Fsp3) is 0.125. The third kappa shape index (κ3) is 3.75. The highest BCUT2D eigenvalue weighted by Gasteiger charge is 2.11. The molecule has 0 bridgehead atoms. The minimum absolute atomic E-state index is 0.130. The average molecular weight is 332 g/mol. The van der Waals surface area contributed by atoms with Gasteiger partial charge in [0.25, 0.3) is 0 Å². The second-order valence-electron chi connectivity index (χ2n) is 4.85. The summed E-state index contributed by atoms with van der Waals surface area (Å²) in [4.78, 5) is 24.7. The molecule has 0 spiro atoms. The quantitative estimate of drug-likeness (QED) is 0.781. The number of halogens is 1. The molecule has 0 aliphatic carbocycles. The zero-order chi connectivity index (χ0) is 16.2. The maximum atomic E-state index is 12.9. The number of carbonyl (C=O) groups excluding carboxylic acids is 1. The van der Waals surface area contributed by atoms with Gasteiger partial charge in [0.05, 0.1) is 12.7 Å². The van der Waals surface area contributed by atoms with Crippen molar-refractivity contribution in [3.05, 3.63) is 69.2 Å². The number of nitrogens with one attached hydrogen (secondary N) is 1. The van der Waals surface area contributed by atoms with Crippen molar-refractivity contribution in [3.8, 4) is 11.3 Å². The van der Waals surface area contributed by atoms with E-state index in [1.54, 1.807) is 11.3 Å². The van der Waals surface area contributed by atoms with Crippen LogP contribution in [0.4, 0.5) is 4.39 Å². The van der Waals surface area contributed by atoms with Crippen LogP contribution in [0, 0.1) is 5.82 Å². The summed E-state index contributed by atoms with van der Waals surface area (Å²) in [5.41, 5.74) is 0.571. The van der Waals surface area contributed by atoms with Crippen LogP contribution in [0.2, 0.25) is 0 Å². The van der Waals surface area contributed by atoms with E-state index in [0.717, 1.165) is 4.88 Å². The number of aromatic nitrogens is 1. The Morgan fingerprint density at radius 1 is 1.26 bits per heavy atom. The maximum absolute atomic E-state index is 12.9. The highest BCUT2D eigenvalue weighted by atomic mass is 32.1. The Balaban J connectivity index is 1.67. The SMILES string of the molecule is O=C(Cn1cc(-c2ccc(F)cc2)oc1=O)NCc1cccs1. The molecule has 5 nitrogen and oxygen atoms in total. The number of amides is 1. The second kappa shape index (κ2) is 6.62. The van der Waals surface area contributed by atoms with Gasteiger partial charge in [-0.25, -0.2) is 9.18 Å². The van der Waals surface area contributed by atoms with Crippen molar-refractivity contribution < 1.29 is 13.6 Å². The van der Waals surface area contributed by atoms with Gasteiger partial charge in [0, 0.05) is 10.4 Å². The molecule has 0 aliphatic heterocycles. The monoisotopic (exact) mass is 332 g/mol. The third-order valence-electron chi connectivity index (χ3n) is 3.19. The molecule has 0 radical (unpaired) electrons. The Labute approximate surface area is 135 Å². The van der Waals surface area contributed by atoms with Crippen molar-refractivity contribution in [2.75, 3.05) is 0 Å². The Bertz CT molecular complexity index is 850. The van der Waals surface area contributed by atoms with Crippen molar-refractivity contribution in [2.45, 2.75) is 13.1 Å². The number of hydrogen-bond donors (Lipinski definition) is 1. The summed E-state index contributed by atoms with van der Waals surface area (Å²) in [7, 11) is 0. The number of rotatable bonds is 5. The van der Waals surface area contributed by atoms with E-state index in [1.165, 1.54) is 35.0 Å². The van der Waals surface area contributed by atoms with Gasteiger partial charge in [0.2, 0.25) is 5.91 Å². The van der Waals surface area contributed by atoms with E-state index in [4.69, 9.17) is 4.42 Å². The molecule has 0 fully saturated rings. The van der Waals surface area contributed by atoms with Gasteiger partial charge < -0.3 is 9.73 Å². The smallest absolute Gasteiger partial charge is 0.408 e. The normalized spacial score (nSPS) is 10.7. The Morgan fingerprint density at radius 3 is 2.74 bits per heavy atom. The molecule has 1 aromatic carbocycles. The molecule has 2 heterocycles. The molecule has 2 aromatic heterocycles. The highest BCUT2D eigenvalue weighted by Crippen LogP contribution is 2.18. The van der Waals surface area contributed by atoms with Crippen LogP contribution in [0.1, 0.15) is 4.88 Å². The molecule has 0 saturated carbocycles.